The van der Waals surface area contributed by atoms with E-state index in [0.717, 1.165) is 0 Å². The summed E-state index contributed by atoms with van der Waals surface area (Å²) in [6.45, 7) is 0.172. The highest BCUT2D eigenvalue weighted by atomic mass is 19.1. The van der Waals surface area contributed by atoms with Gasteiger partial charge in [0.15, 0.2) is 0 Å². The largest absolute Gasteiger partial charge is 0.386 e. The van der Waals surface area contributed by atoms with Gasteiger partial charge in [-0.25, -0.2) is 4.39 Å². The summed E-state index contributed by atoms with van der Waals surface area (Å²) < 4.78 is 13.2. The number of aliphatic hydroxyl groups is 1. The fourth-order valence-corrected chi connectivity index (χ4v) is 1.29. The van der Waals surface area contributed by atoms with Crippen LogP contribution in [0.3, 0.4) is 0 Å². The van der Waals surface area contributed by atoms with Gasteiger partial charge in [0.25, 0.3) is 0 Å². The molecule has 1 atom stereocenters. The Morgan fingerprint density at radius 1 is 1.50 bits per heavy atom. The number of rotatable bonds is 5. The number of carbonyl (C=O) groups is 1. The van der Waals surface area contributed by atoms with Gasteiger partial charge in [0, 0.05) is 12.1 Å². The Morgan fingerprint density at radius 2 is 2.19 bits per heavy atom. The Morgan fingerprint density at radius 3 is 2.81 bits per heavy atom. The molecule has 1 aromatic carbocycles. The fraction of sp³-hybridized carbons (Fsp3) is 0.364. The van der Waals surface area contributed by atoms with E-state index in [1.165, 1.54) is 12.1 Å². The number of aliphatic hydroxyl groups excluding tert-OH is 1. The van der Waals surface area contributed by atoms with Crippen molar-refractivity contribution in [2.45, 2.75) is 6.10 Å². The molecule has 0 heterocycles. The second kappa shape index (κ2) is 6.19. The average Bonchev–Trinajstić information content (AvgIpc) is 2.27. The van der Waals surface area contributed by atoms with Crippen molar-refractivity contribution in [2.75, 3.05) is 20.1 Å². The highest BCUT2D eigenvalue weighted by Gasteiger charge is 2.12. The fourth-order valence-electron chi connectivity index (χ4n) is 1.29. The molecule has 0 aliphatic rings. The lowest BCUT2D eigenvalue weighted by Gasteiger charge is -2.12. The van der Waals surface area contributed by atoms with Gasteiger partial charge in [-0.3, -0.25) is 4.79 Å². The average molecular weight is 226 g/mol. The predicted octanol–water partition coefficient (Wildman–Crippen LogP) is 0.195. The summed E-state index contributed by atoms with van der Waals surface area (Å²) >= 11 is 0. The minimum atomic E-state index is -1.03. The van der Waals surface area contributed by atoms with Crippen molar-refractivity contribution >= 4 is 5.91 Å². The van der Waals surface area contributed by atoms with Crippen molar-refractivity contribution in [3.05, 3.63) is 35.6 Å². The molecule has 88 valence electrons. The summed E-state index contributed by atoms with van der Waals surface area (Å²) in [6.07, 6.45) is -1.03. The predicted molar refractivity (Wildman–Crippen MR) is 58.3 cm³/mol. The molecule has 1 rings (SSSR count). The molecule has 1 amide bonds. The lowest BCUT2D eigenvalue weighted by molar-refractivity contribution is -0.120. The molecule has 0 saturated carbocycles. The molecule has 0 aliphatic carbocycles. The highest BCUT2D eigenvalue weighted by molar-refractivity contribution is 5.77. The topological polar surface area (TPSA) is 61.4 Å². The second-order valence-electron chi connectivity index (χ2n) is 3.37. The highest BCUT2D eigenvalue weighted by Crippen LogP contribution is 2.15. The smallest absolute Gasteiger partial charge is 0.234 e. The summed E-state index contributed by atoms with van der Waals surface area (Å²) in [5.41, 5.74) is 0.187. The Kier molecular flexibility index (Phi) is 4.88. The van der Waals surface area contributed by atoms with E-state index in [2.05, 4.69) is 10.6 Å². The third-order valence-electron chi connectivity index (χ3n) is 2.09. The van der Waals surface area contributed by atoms with Crippen LogP contribution in [0.15, 0.2) is 24.3 Å². The third kappa shape index (κ3) is 3.60. The van der Waals surface area contributed by atoms with Gasteiger partial charge in [-0.1, -0.05) is 18.2 Å². The number of amides is 1. The van der Waals surface area contributed by atoms with Crippen LogP contribution < -0.4 is 10.6 Å². The van der Waals surface area contributed by atoms with Crippen LogP contribution in [0.1, 0.15) is 11.7 Å². The molecule has 0 spiro atoms. The van der Waals surface area contributed by atoms with Crippen LogP contribution in [0.4, 0.5) is 4.39 Å². The van der Waals surface area contributed by atoms with E-state index in [0.29, 0.717) is 0 Å². The van der Waals surface area contributed by atoms with Crippen LogP contribution in [0.5, 0.6) is 0 Å². The number of hydrogen-bond donors (Lipinski definition) is 3. The van der Waals surface area contributed by atoms with Crippen molar-refractivity contribution < 1.29 is 14.3 Å². The SMILES string of the molecule is CNCC(=O)NCC(O)c1ccccc1F. The van der Waals surface area contributed by atoms with Crippen molar-refractivity contribution in [2.24, 2.45) is 0 Å². The molecule has 4 nitrogen and oxygen atoms in total. The molecule has 0 fully saturated rings. The lowest BCUT2D eigenvalue weighted by atomic mass is 10.1. The quantitative estimate of drug-likeness (QED) is 0.672. The first-order valence-corrected chi connectivity index (χ1v) is 4.99. The standard InChI is InChI=1S/C11H15FN2O2/c1-13-7-11(16)14-6-10(15)8-4-2-3-5-9(8)12/h2-5,10,13,15H,6-7H2,1H3,(H,14,16). The number of nitrogens with one attached hydrogen (secondary N) is 2. The minimum Gasteiger partial charge on any atom is -0.386 e. The third-order valence-corrected chi connectivity index (χ3v) is 2.09. The molecule has 1 aromatic rings. The lowest BCUT2D eigenvalue weighted by Crippen LogP contribution is -2.35. The van der Waals surface area contributed by atoms with E-state index in [9.17, 15) is 14.3 Å². The maximum atomic E-state index is 13.2. The molecule has 3 N–H and O–H groups in total. The van der Waals surface area contributed by atoms with Gasteiger partial charge in [0.2, 0.25) is 5.91 Å². The number of hydrogen-bond acceptors (Lipinski definition) is 3. The van der Waals surface area contributed by atoms with Gasteiger partial charge < -0.3 is 15.7 Å². The monoisotopic (exact) mass is 226 g/mol. The molecule has 16 heavy (non-hydrogen) atoms. The number of benzene rings is 1. The molecule has 0 bridgehead atoms. The first-order valence-electron chi connectivity index (χ1n) is 4.99. The molecule has 1 unspecified atom stereocenters. The molecule has 0 aliphatic heterocycles. The zero-order valence-electron chi connectivity index (χ0n) is 9.03. The molecular formula is C11H15FN2O2. The van der Waals surface area contributed by atoms with Gasteiger partial charge in [0.05, 0.1) is 12.6 Å². The van der Waals surface area contributed by atoms with Gasteiger partial charge in [-0.05, 0) is 13.1 Å². The van der Waals surface area contributed by atoms with Gasteiger partial charge in [-0.2, -0.15) is 0 Å². The van der Waals surface area contributed by atoms with Crippen LogP contribution >= 0.6 is 0 Å². The summed E-state index contributed by atoms with van der Waals surface area (Å²) in [5, 5.41) is 14.8. The molecule has 0 saturated heterocycles. The Hall–Kier alpha value is -1.46. The van der Waals surface area contributed by atoms with Crippen LogP contribution in [0.25, 0.3) is 0 Å². The molecule has 0 radical (unpaired) electrons. The first kappa shape index (κ1) is 12.6. The Balaban J connectivity index is 2.50. The molecule has 5 heteroatoms. The van der Waals surface area contributed by atoms with Crippen molar-refractivity contribution in [1.82, 2.24) is 10.6 Å². The zero-order valence-corrected chi connectivity index (χ0v) is 9.03. The van der Waals surface area contributed by atoms with Crippen molar-refractivity contribution in [3.63, 3.8) is 0 Å². The number of likely N-dealkylation sites (N-methyl/N-ethyl adjacent to an activating group) is 1. The van der Waals surface area contributed by atoms with E-state index >= 15 is 0 Å². The van der Waals surface area contributed by atoms with E-state index in [1.54, 1.807) is 19.2 Å². The number of carbonyl (C=O) groups excluding carboxylic acids is 1. The molecular weight excluding hydrogens is 211 g/mol. The summed E-state index contributed by atoms with van der Waals surface area (Å²) in [6, 6.07) is 5.94. The first-order chi connectivity index (χ1) is 7.65. The van der Waals surface area contributed by atoms with E-state index in [1.807, 2.05) is 0 Å². The maximum absolute atomic E-state index is 13.2. The van der Waals surface area contributed by atoms with E-state index in [-0.39, 0.29) is 24.6 Å². The maximum Gasteiger partial charge on any atom is 0.234 e. The minimum absolute atomic E-state index is 0.00144. The van der Waals surface area contributed by atoms with Crippen LogP contribution in [0.2, 0.25) is 0 Å². The van der Waals surface area contributed by atoms with Gasteiger partial charge in [0.1, 0.15) is 5.82 Å². The second-order valence-corrected chi connectivity index (χ2v) is 3.37. The van der Waals surface area contributed by atoms with Gasteiger partial charge >= 0.3 is 0 Å². The van der Waals surface area contributed by atoms with Gasteiger partial charge in [-0.15, -0.1) is 0 Å². The van der Waals surface area contributed by atoms with Crippen LogP contribution in [-0.2, 0) is 4.79 Å². The van der Waals surface area contributed by atoms with E-state index < -0.39 is 11.9 Å². The number of halogens is 1. The normalized spacial score (nSPS) is 12.2. The summed E-state index contributed by atoms with van der Waals surface area (Å²) in [4.78, 5) is 11.1. The van der Waals surface area contributed by atoms with Crippen LogP contribution in [0, 0.1) is 5.82 Å². The summed E-state index contributed by atoms with van der Waals surface area (Å²) in [7, 11) is 1.65. The summed E-state index contributed by atoms with van der Waals surface area (Å²) in [5.74, 6) is -0.712. The van der Waals surface area contributed by atoms with E-state index in [4.69, 9.17) is 0 Å². The molecule has 0 aromatic heterocycles. The van der Waals surface area contributed by atoms with Crippen LogP contribution in [-0.4, -0.2) is 31.2 Å². The van der Waals surface area contributed by atoms with Crippen molar-refractivity contribution in [1.29, 1.82) is 0 Å². The Labute approximate surface area is 93.5 Å². The van der Waals surface area contributed by atoms with Crippen molar-refractivity contribution in [3.8, 4) is 0 Å². The zero-order chi connectivity index (χ0) is 12.0. The Bertz CT molecular complexity index is 358.